The number of piperidine rings is 1. The number of amides is 1. The summed E-state index contributed by atoms with van der Waals surface area (Å²) in [5.74, 6) is 0.722. The summed E-state index contributed by atoms with van der Waals surface area (Å²) in [6, 6.07) is 13.9. The van der Waals surface area contributed by atoms with Crippen molar-refractivity contribution in [2.75, 3.05) is 20.2 Å². The van der Waals surface area contributed by atoms with Gasteiger partial charge in [-0.2, -0.15) is 5.10 Å². The first-order chi connectivity index (χ1) is 15.1. The van der Waals surface area contributed by atoms with Gasteiger partial charge in [-0.05, 0) is 62.1 Å². The molecule has 4 rings (SSSR count). The molecule has 1 aliphatic rings. The third-order valence-corrected chi connectivity index (χ3v) is 5.89. The largest absolute Gasteiger partial charge is 0.496 e. The van der Waals surface area contributed by atoms with E-state index >= 15 is 0 Å². The van der Waals surface area contributed by atoms with Gasteiger partial charge in [-0.3, -0.25) is 4.79 Å². The molecule has 162 valence electrons. The molecule has 2 heterocycles. The zero-order chi connectivity index (χ0) is 21.6. The minimum absolute atomic E-state index is 0.170. The lowest BCUT2D eigenvalue weighted by Gasteiger charge is -2.24. The molecule has 2 aromatic carbocycles. The van der Waals surface area contributed by atoms with Crippen LogP contribution in [0.15, 0.2) is 53.9 Å². The fraction of sp³-hybridized carbons (Fsp3) is 0.375. The van der Waals surface area contributed by atoms with Crippen LogP contribution in [0, 0.1) is 0 Å². The van der Waals surface area contributed by atoms with E-state index in [-0.39, 0.29) is 12.5 Å². The van der Waals surface area contributed by atoms with Crippen LogP contribution < -0.4 is 15.1 Å². The number of fused-ring (bicyclic) bond motifs is 1. The molecule has 1 saturated heterocycles. The Morgan fingerprint density at radius 2 is 2.00 bits per heavy atom. The smallest absolute Gasteiger partial charge is 0.260 e. The average molecular weight is 421 g/mol. The number of para-hydroxylation sites is 2. The fourth-order valence-corrected chi connectivity index (χ4v) is 4.18. The number of nitrogens with one attached hydrogen (secondary N) is 2. The first kappa shape index (κ1) is 21.1. The summed E-state index contributed by atoms with van der Waals surface area (Å²) in [4.78, 5) is 18.3. The Morgan fingerprint density at radius 3 is 2.81 bits per heavy atom. The van der Waals surface area contributed by atoms with Crippen molar-refractivity contribution in [3.63, 3.8) is 0 Å². The Morgan fingerprint density at radius 1 is 1.19 bits per heavy atom. The number of benzene rings is 2. The highest BCUT2D eigenvalue weighted by Crippen LogP contribution is 2.20. The Labute approximate surface area is 182 Å². The van der Waals surface area contributed by atoms with Gasteiger partial charge in [0, 0.05) is 5.56 Å². The second-order valence-corrected chi connectivity index (χ2v) is 8.11. The molecule has 0 radical (unpaired) electrons. The van der Waals surface area contributed by atoms with E-state index in [2.05, 4.69) is 21.6 Å². The van der Waals surface area contributed by atoms with Crippen LogP contribution in [-0.4, -0.2) is 41.4 Å². The molecule has 0 saturated carbocycles. The number of hydrogen-bond donors (Lipinski definition) is 2. The maximum absolute atomic E-state index is 12.4. The van der Waals surface area contributed by atoms with Crippen molar-refractivity contribution >= 4 is 22.7 Å². The summed E-state index contributed by atoms with van der Waals surface area (Å²) in [6.07, 6.45) is 5.59. The number of hydrogen-bond acceptors (Lipinski definition) is 4. The van der Waals surface area contributed by atoms with Gasteiger partial charge in [0.15, 0.2) is 0 Å². The first-order valence-electron chi connectivity index (χ1n) is 10.9. The van der Waals surface area contributed by atoms with E-state index in [9.17, 15) is 4.79 Å². The molecule has 31 heavy (non-hydrogen) atoms. The van der Waals surface area contributed by atoms with Crippen LogP contribution in [0.4, 0.5) is 0 Å². The highest BCUT2D eigenvalue weighted by molar-refractivity contribution is 5.99. The number of quaternary nitrogens is 1. The van der Waals surface area contributed by atoms with E-state index in [1.807, 2.05) is 47.9 Å². The number of rotatable bonds is 7. The predicted molar refractivity (Wildman–Crippen MR) is 121 cm³/mol. The number of likely N-dealkylation sites (tertiary alicyclic amines) is 1. The van der Waals surface area contributed by atoms with Gasteiger partial charge in [0.05, 0.1) is 43.3 Å². The lowest BCUT2D eigenvalue weighted by Crippen LogP contribution is -3.11. The topological polar surface area (TPSA) is 72.9 Å². The number of ether oxygens (including phenoxy) is 1. The summed E-state index contributed by atoms with van der Waals surface area (Å²) in [5, 5.41) is 4.33. The number of aromatic nitrogens is 2. The maximum atomic E-state index is 12.4. The second-order valence-electron chi connectivity index (χ2n) is 8.11. The van der Waals surface area contributed by atoms with Gasteiger partial charge in [-0.1, -0.05) is 12.1 Å². The van der Waals surface area contributed by atoms with Crippen molar-refractivity contribution in [3.8, 4) is 5.75 Å². The maximum Gasteiger partial charge on any atom is 0.260 e. The molecule has 7 heteroatoms. The van der Waals surface area contributed by atoms with Crippen LogP contribution in [0.1, 0.15) is 37.3 Å². The van der Waals surface area contributed by atoms with Crippen molar-refractivity contribution in [3.05, 3.63) is 59.9 Å². The van der Waals surface area contributed by atoms with Crippen LogP contribution in [0.5, 0.6) is 5.75 Å². The monoisotopic (exact) mass is 420 g/mol. The minimum Gasteiger partial charge on any atom is -0.496 e. The van der Waals surface area contributed by atoms with Gasteiger partial charge in [-0.25, -0.2) is 10.4 Å². The fourth-order valence-electron chi connectivity index (χ4n) is 4.18. The Balaban J connectivity index is 1.43. The molecule has 1 fully saturated rings. The molecule has 0 unspecified atom stereocenters. The normalized spacial score (nSPS) is 15.2. The van der Waals surface area contributed by atoms with Crippen molar-refractivity contribution in [1.29, 1.82) is 0 Å². The first-order valence-corrected chi connectivity index (χ1v) is 10.9. The molecular weight excluding hydrogens is 390 g/mol. The summed E-state index contributed by atoms with van der Waals surface area (Å²) >= 11 is 0. The van der Waals surface area contributed by atoms with Gasteiger partial charge in [0.2, 0.25) is 0 Å². The molecule has 0 atom stereocenters. The molecule has 3 aromatic rings. The third kappa shape index (κ3) is 5.11. The second kappa shape index (κ2) is 9.75. The zero-order valence-corrected chi connectivity index (χ0v) is 18.2. The van der Waals surface area contributed by atoms with E-state index in [4.69, 9.17) is 4.74 Å². The highest BCUT2D eigenvalue weighted by atomic mass is 16.5. The van der Waals surface area contributed by atoms with Gasteiger partial charge in [0.1, 0.15) is 18.8 Å². The highest BCUT2D eigenvalue weighted by Gasteiger charge is 2.17. The number of nitrogens with zero attached hydrogens (tertiary/aromatic N) is 3. The molecule has 7 nitrogen and oxygen atoms in total. The predicted octanol–water partition coefficient (Wildman–Crippen LogP) is 2.15. The van der Waals surface area contributed by atoms with Crippen LogP contribution in [0.2, 0.25) is 0 Å². The molecule has 1 amide bonds. The van der Waals surface area contributed by atoms with E-state index in [0.717, 1.165) is 34.6 Å². The summed E-state index contributed by atoms with van der Waals surface area (Å²) in [7, 11) is 1.71. The number of imidazole rings is 1. The summed E-state index contributed by atoms with van der Waals surface area (Å²) < 4.78 is 7.40. The van der Waals surface area contributed by atoms with Crippen molar-refractivity contribution in [1.82, 2.24) is 15.0 Å². The number of carbonyl (C=O) groups is 1. The number of methoxy groups -OCH3 is 1. The van der Waals surface area contributed by atoms with Crippen LogP contribution in [-0.2, 0) is 17.9 Å². The van der Waals surface area contributed by atoms with E-state index < -0.39 is 0 Å². The van der Waals surface area contributed by atoms with Crippen molar-refractivity contribution in [2.24, 2.45) is 5.10 Å². The Kier molecular flexibility index (Phi) is 6.62. The molecule has 1 aromatic heterocycles. The Hall–Kier alpha value is -3.19. The Bertz CT molecular complexity index is 1080. The third-order valence-electron chi connectivity index (χ3n) is 5.89. The molecule has 2 N–H and O–H groups in total. The van der Waals surface area contributed by atoms with Crippen LogP contribution >= 0.6 is 0 Å². The summed E-state index contributed by atoms with van der Waals surface area (Å²) in [5.41, 5.74) is 7.41. The molecule has 0 aliphatic carbocycles. The van der Waals surface area contributed by atoms with Crippen LogP contribution in [0.25, 0.3) is 11.0 Å². The molecule has 0 spiro atoms. The quantitative estimate of drug-likeness (QED) is 0.454. The van der Waals surface area contributed by atoms with Gasteiger partial charge in [0.25, 0.3) is 5.91 Å². The standard InChI is InChI=1S/C24H29N5O2/c1-18(26-27-24(30)16-29-17-25-21-8-4-5-9-22(21)29)19-10-11-23(31-2)20(14-19)15-28-12-6-3-7-13-28/h4-5,8-11,14,17H,3,6-7,12-13,15-16H2,1-2H3,(H,27,30)/p+1/b26-18-. The number of hydrazone groups is 1. The minimum atomic E-state index is -0.186. The van der Waals surface area contributed by atoms with Gasteiger partial charge < -0.3 is 14.2 Å². The van der Waals surface area contributed by atoms with E-state index in [0.29, 0.717) is 0 Å². The van der Waals surface area contributed by atoms with Crippen molar-refractivity contribution < 1.29 is 14.4 Å². The number of carbonyl (C=O) groups excluding carboxylic acids is 1. The summed E-state index contributed by atoms with van der Waals surface area (Å²) in [6.45, 7) is 5.44. The van der Waals surface area contributed by atoms with E-state index in [1.165, 1.54) is 37.9 Å². The lowest BCUT2D eigenvalue weighted by molar-refractivity contribution is -0.918. The van der Waals surface area contributed by atoms with Crippen LogP contribution in [0.3, 0.4) is 0 Å². The molecule has 1 aliphatic heterocycles. The van der Waals surface area contributed by atoms with Gasteiger partial charge >= 0.3 is 0 Å². The zero-order valence-electron chi connectivity index (χ0n) is 18.2. The van der Waals surface area contributed by atoms with Gasteiger partial charge in [-0.15, -0.1) is 0 Å². The average Bonchev–Trinajstić information content (AvgIpc) is 3.21. The molecular formula is C24H30N5O2+. The van der Waals surface area contributed by atoms with Crippen molar-refractivity contribution in [2.45, 2.75) is 39.3 Å². The SMILES string of the molecule is COc1ccc(/C(C)=N\NC(=O)Cn2cnc3ccccc32)cc1C[NH+]1CCCCC1. The van der Waals surface area contributed by atoms with E-state index in [1.54, 1.807) is 18.3 Å². The lowest BCUT2D eigenvalue weighted by atomic mass is 10.0. The molecule has 0 bridgehead atoms.